The van der Waals surface area contributed by atoms with Gasteiger partial charge in [-0.1, -0.05) is 24.3 Å². The van der Waals surface area contributed by atoms with Crippen LogP contribution in [-0.2, 0) is 11.3 Å². The number of rotatable bonds is 7. The van der Waals surface area contributed by atoms with Gasteiger partial charge in [-0.25, -0.2) is 4.79 Å². The molecule has 0 saturated heterocycles. The van der Waals surface area contributed by atoms with Crippen LogP contribution in [0.2, 0.25) is 0 Å². The van der Waals surface area contributed by atoms with E-state index in [0.29, 0.717) is 17.8 Å². The van der Waals surface area contributed by atoms with Crippen molar-refractivity contribution in [2.75, 3.05) is 24.9 Å². The van der Waals surface area contributed by atoms with Crippen molar-refractivity contribution >= 4 is 23.3 Å². The molecule has 0 atom stereocenters. The molecule has 0 aliphatic rings. The molecule has 0 radical (unpaired) electrons. The third-order valence-electron chi connectivity index (χ3n) is 4.21. The largest absolute Gasteiger partial charge is 0.496 e. The van der Waals surface area contributed by atoms with Gasteiger partial charge < -0.3 is 20.1 Å². The van der Waals surface area contributed by atoms with Crippen LogP contribution in [0.4, 0.5) is 11.4 Å². The Kier molecular flexibility index (Phi) is 6.42. The molecule has 1 amide bonds. The van der Waals surface area contributed by atoms with Crippen molar-refractivity contribution in [1.29, 1.82) is 0 Å². The summed E-state index contributed by atoms with van der Waals surface area (Å²) in [6.45, 7) is 0.538. The van der Waals surface area contributed by atoms with Gasteiger partial charge in [0, 0.05) is 29.7 Å². The molecule has 7 nitrogen and oxygen atoms in total. The summed E-state index contributed by atoms with van der Waals surface area (Å²) in [5, 5.41) is 6.01. The molecule has 7 heteroatoms. The number of nitrogens with one attached hydrogen (secondary N) is 2. The Morgan fingerprint density at radius 3 is 2.59 bits per heavy atom. The fourth-order valence-electron chi connectivity index (χ4n) is 2.75. The molecule has 0 saturated carbocycles. The average Bonchev–Trinajstić information content (AvgIpc) is 2.77. The number of hydrogen-bond acceptors (Lipinski definition) is 6. The zero-order valence-corrected chi connectivity index (χ0v) is 16.1. The van der Waals surface area contributed by atoms with Crippen LogP contribution in [0.5, 0.6) is 5.75 Å². The number of pyridine rings is 1. The third-order valence-corrected chi connectivity index (χ3v) is 4.21. The lowest BCUT2D eigenvalue weighted by atomic mass is 10.2. The summed E-state index contributed by atoms with van der Waals surface area (Å²) < 4.78 is 10.0. The molecular weight excluding hydrogens is 370 g/mol. The molecule has 29 heavy (non-hydrogen) atoms. The number of para-hydroxylation sites is 1. The summed E-state index contributed by atoms with van der Waals surface area (Å²) >= 11 is 0. The Labute approximate surface area is 168 Å². The molecule has 1 aromatic heterocycles. The van der Waals surface area contributed by atoms with Crippen molar-refractivity contribution in [3.8, 4) is 5.75 Å². The molecule has 0 spiro atoms. The number of anilines is 2. The first-order valence-electron chi connectivity index (χ1n) is 8.92. The number of amides is 1. The fraction of sp³-hybridized carbons (Fsp3) is 0.136. The lowest BCUT2D eigenvalue weighted by Gasteiger charge is -2.11. The molecule has 148 valence electrons. The van der Waals surface area contributed by atoms with Gasteiger partial charge in [-0.3, -0.25) is 9.78 Å². The van der Waals surface area contributed by atoms with Crippen molar-refractivity contribution < 1.29 is 19.1 Å². The van der Waals surface area contributed by atoms with Crippen LogP contribution >= 0.6 is 0 Å². The minimum atomic E-state index is -0.471. The maximum absolute atomic E-state index is 12.6. The number of benzene rings is 2. The Morgan fingerprint density at radius 1 is 0.966 bits per heavy atom. The van der Waals surface area contributed by atoms with E-state index in [-0.39, 0.29) is 11.6 Å². The lowest BCUT2D eigenvalue weighted by Crippen LogP contribution is -2.14. The van der Waals surface area contributed by atoms with E-state index in [1.807, 2.05) is 24.3 Å². The van der Waals surface area contributed by atoms with E-state index >= 15 is 0 Å². The number of hydrogen-bond donors (Lipinski definition) is 2. The van der Waals surface area contributed by atoms with Gasteiger partial charge in [0.05, 0.1) is 19.8 Å². The quantitative estimate of drug-likeness (QED) is 0.597. The Balaban J connectivity index is 1.69. The van der Waals surface area contributed by atoms with E-state index in [1.165, 1.54) is 7.11 Å². The number of carbonyl (C=O) groups is 2. The van der Waals surface area contributed by atoms with Crippen molar-refractivity contribution in [2.45, 2.75) is 6.54 Å². The zero-order valence-electron chi connectivity index (χ0n) is 16.1. The summed E-state index contributed by atoms with van der Waals surface area (Å²) in [5.74, 6) is -0.0628. The summed E-state index contributed by atoms with van der Waals surface area (Å²) in [5.41, 5.74) is 2.83. The standard InChI is InChI=1S/C22H21N3O4/c1-28-20-9-4-3-6-16(20)14-24-17-10-11-23-19(13-17)21(26)25-18-8-5-7-15(12-18)22(27)29-2/h3-13H,14H2,1-2H3,(H,23,24)(H,25,26). The van der Waals surface area contributed by atoms with E-state index in [9.17, 15) is 9.59 Å². The number of aromatic nitrogens is 1. The fourth-order valence-corrected chi connectivity index (χ4v) is 2.75. The highest BCUT2D eigenvalue weighted by molar-refractivity contribution is 6.04. The van der Waals surface area contributed by atoms with Crippen LogP contribution in [0.3, 0.4) is 0 Å². The van der Waals surface area contributed by atoms with E-state index in [1.54, 1.807) is 49.7 Å². The van der Waals surface area contributed by atoms with Gasteiger partial charge in [0.1, 0.15) is 11.4 Å². The second-order valence-corrected chi connectivity index (χ2v) is 6.12. The van der Waals surface area contributed by atoms with E-state index in [4.69, 9.17) is 9.47 Å². The van der Waals surface area contributed by atoms with Crippen LogP contribution in [0.25, 0.3) is 0 Å². The topological polar surface area (TPSA) is 89.5 Å². The third kappa shape index (κ3) is 5.10. The van der Waals surface area contributed by atoms with Gasteiger partial charge in [0.25, 0.3) is 5.91 Å². The predicted molar refractivity (Wildman–Crippen MR) is 110 cm³/mol. The number of esters is 1. The second-order valence-electron chi connectivity index (χ2n) is 6.12. The summed E-state index contributed by atoms with van der Waals surface area (Å²) in [4.78, 5) is 28.3. The zero-order chi connectivity index (χ0) is 20.6. The molecule has 2 N–H and O–H groups in total. The highest BCUT2D eigenvalue weighted by Gasteiger charge is 2.11. The lowest BCUT2D eigenvalue weighted by molar-refractivity contribution is 0.0600. The van der Waals surface area contributed by atoms with Crippen LogP contribution in [0, 0.1) is 0 Å². The normalized spacial score (nSPS) is 10.1. The minimum absolute atomic E-state index is 0.249. The minimum Gasteiger partial charge on any atom is -0.496 e. The predicted octanol–water partition coefficient (Wildman–Crippen LogP) is 3.74. The molecule has 3 rings (SSSR count). The van der Waals surface area contributed by atoms with Gasteiger partial charge in [0.2, 0.25) is 0 Å². The first-order chi connectivity index (χ1) is 14.1. The van der Waals surface area contributed by atoms with Crippen LogP contribution < -0.4 is 15.4 Å². The summed E-state index contributed by atoms with van der Waals surface area (Å²) in [7, 11) is 2.93. The number of methoxy groups -OCH3 is 2. The first kappa shape index (κ1) is 19.9. The second kappa shape index (κ2) is 9.36. The number of carbonyl (C=O) groups excluding carboxylic acids is 2. The average molecular weight is 391 g/mol. The van der Waals surface area contributed by atoms with Gasteiger partial charge in [0.15, 0.2) is 0 Å². The molecule has 0 fully saturated rings. The van der Waals surface area contributed by atoms with Crippen LogP contribution in [-0.4, -0.2) is 31.1 Å². The molecular formula is C22H21N3O4. The summed E-state index contributed by atoms with van der Waals surface area (Å²) in [6.07, 6.45) is 1.56. The SMILES string of the molecule is COC(=O)c1cccc(NC(=O)c2cc(NCc3ccccc3OC)ccn2)c1. The molecule has 3 aromatic rings. The van der Waals surface area contributed by atoms with Gasteiger partial charge >= 0.3 is 5.97 Å². The van der Waals surface area contributed by atoms with Crippen molar-refractivity contribution in [2.24, 2.45) is 0 Å². The van der Waals surface area contributed by atoms with Crippen LogP contribution in [0.1, 0.15) is 26.4 Å². The van der Waals surface area contributed by atoms with Crippen molar-refractivity contribution in [1.82, 2.24) is 4.98 Å². The maximum Gasteiger partial charge on any atom is 0.337 e. The molecule has 0 aliphatic carbocycles. The smallest absolute Gasteiger partial charge is 0.337 e. The monoisotopic (exact) mass is 391 g/mol. The Bertz CT molecular complexity index is 1020. The highest BCUT2D eigenvalue weighted by atomic mass is 16.5. The summed E-state index contributed by atoms with van der Waals surface area (Å²) in [6, 6.07) is 17.7. The number of nitrogens with zero attached hydrogens (tertiary/aromatic N) is 1. The van der Waals surface area contributed by atoms with E-state index in [2.05, 4.69) is 15.6 Å². The number of ether oxygens (including phenoxy) is 2. The maximum atomic E-state index is 12.6. The Hall–Kier alpha value is -3.87. The van der Waals surface area contributed by atoms with E-state index < -0.39 is 5.97 Å². The van der Waals surface area contributed by atoms with Gasteiger partial charge in [-0.05, 0) is 36.4 Å². The van der Waals surface area contributed by atoms with E-state index in [0.717, 1.165) is 17.0 Å². The molecule has 0 unspecified atom stereocenters. The molecule has 0 bridgehead atoms. The Morgan fingerprint density at radius 2 is 1.79 bits per heavy atom. The van der Waals surface area contributed by atoms with Gasteiger partial charge in [-0.15, -0.1) is 0 Å². The molecule has 2 aromatic carbocycles. The van der Waals surface area contributed by atoms with Gasteiger partial charge in [-0.2, -0.15) is 0 Å². The molecule has 0 aliphatic heterocycles. The highest BCUT2D eigenvalue weighted by Crippen LogP contribution is 2.19. The van der Waals surface area contributed by atoms with Crippen LogP contribution in [0.15, 0.2) is 66.9 Å². The van der Waals surface area contributed by atoms with Crippen molar-refractivity contribution in [3.63, 3.8) is 0 Å². The van der Waals surface area contributed by atoms with Crippen molar-refractivity contribution in [3.05, 3.63) is 83.7 Å². The first-order valence-corrected chi connectivity index (χ1v) is 8.92. The molecule has 1 heterocycles.